The van der Waals surface area contributed by atoms with E-state index >= 15 is 0 Å². The Morgan fingerprint density at radius 2 is 2.05 bits per heavy atom. The molecular weight excluding hydrogens is 277 g/mol. The molecule has 1 N–H and O–H groups in total. The summed E-state index contributed by atoms with van der Waals surface area (Å²) in [6.45, 7) is 0. The van der Waals surface area contributed by atoms with Crippen LogP contribution >= 0.6 is 0 Å². The smallest absolute Gasteiger partial charge is 0.418 e. The predicted octanol–water partition coefficient (Wildman–Crippen LogP) is 2.60. The molecule has 2 aromatic heterocycles. The number of hydrogen-bond donors (Lipinski definition) is 1. The fraction of sp³-hybridized carbons (Fsp3) is 0.167. The molecule has 0 unspecified atom stereocenters. The first-order valence-electron chi connectivity index (χ1n) is 5.36. The van der Waals surface area contributed by atoms with Crippen molar-refractivity contribution in [2.24, 2.45) is 0 Å². The average Bonchev–Trinajstić information content (AvgIpc) is 2.84. The normalized spacial score (nSPS) is 11.4. The Bertz CT molecular complexity index is 632. The number of carbonyl (C=O) groups is 1. The van der Waals surface area contributed by atoms with Gasteiger partial charge < -0.3 is 14.4 Å². The predicted molar refractivity (Wildman–Crippen MR) is 62.1 cm³/mol. The molecule has 0 aliphatic rings. The van der Waals surface area contributed by atoms with Crippen LogP contribution < -0.4 is 4.74 Å². The number of ether oxygens (including phenoxy) is 1. The molecule has 2 heterocycles. The molecule has 20 heavy (non-hydrogen) atoms. The summed E-state index contributed by atoms with van der Waals surface area (Å²) in [5.41, 5.74) is -2.04. The van der Waals surface area contributed by atoms with E-state index in [4.69, 9.17) is 9.84 Å². The summed E-state index contributed by atoms with van der Waals surface area (Å²) in [6.07, 6.45) is -1.85. The van der Waals surface area contributed by atoms with Crippen molar-refractivity contribution >= 4 is 5.97 Å². The highest BCUT2D eigenvalue weighted by Gasteiger charge is 2.37. The standard InChI is InChI=1S/C12H9F3N2O3/c1-20-7-2-3-10(16-4-7)17-5-8(11(18)19)9(6-17)12(13,14)15/h2-6H,1H3,(H,18,19). The van der Waals surface area contributed by atoms with Crippen LogP contribution in [0, 0.1) is 0 Å². The van der Waals surface area contributed by atoms with Crippen LogP contribution in [0.3, 0.4) is 0 Å². The maximum atomic E-state index is 12.7. The molecule has 0 fully saturated rings. The van der Waals surface area contributed by atoms with Crippen molar-refractivity contribution in [2.45, 2.75) is 6.18 Å². The number of aromatic carboxylic acids is 1. The number of pyridine rings is 1. The van der Waals surface area contributed by atoms with Crippen molar-refractivity contribution in [3.63, 3.8) is 0 Å². The van der Waals surface area contributed by atoms with Gasteiger partial charge in [-0.1, -0.05) is 0 Å². The summed E-state index contributed by atoms with van der Waals surface area (Å²) in [7, 11) is 1.43. The summed E-state index contributed by atoms with van der Waals surface area (Å²) in [4.78, 5) is 14.8. The number of rotatable bonds is 3. The Kier molecular flexibility index (Phi) is 3.39. The van der Waals surface area contributed by atoms with Gasteiger partial charge in [-0.15, -0.1) is 0 Å². The highest BCUT2D eigenvalue weighted by molar-refractivity contribution is 5.89. The number of carboxylic acids is 1. The van der Waals surface area contributed by atoms with Crippen LogP contribution in [0.15, 0.2) is 30.7 Å². The molecule has 0 aliphatic carbocycles. The molecular formula is C12H9F3N2O3. The molecule has 0 bridgehead atoms. The summed E-state index contributed by atoms with van der Waals surface area (Å²) >= 11 is 0. The van der Waals surface area contributed by atoms with Crippen molar-refractivity contribution in [1.29, 1.82) is 0 Å². The van der Waals surface area contributed by atoms with Crippen molar-refractivity contribution < 1.29 is 27.8 Å². The molecule has 106 valence electrons. The Hall–Kier alpha value is -2.51. The molecule has 0 atom stereocenters. The first-order valence-corrected chi connectivity index (χ1v) is 5.36. The van der Waals surface area contributed by atoms with Crippen LogP contribution in [0.4, 0.5) is 13.2 Å². The minimum Gasteiger partial charge on any atom is -0.495 e. The number of halogens is 3. The molecule has 8 heteroatoms. The summed E-state index contributed by atoms with van der Waals surface area (Å²) in [5.74, 6) is -1.05. The van der Waals surface area contributed by atoms with Crippen molar-refractivity contribution in [3.05, 3.63) is 41.9 Å². The van der Waals surface area contributed by atoms with Crippen molar-refractivity contribution in [2.75, 3.05) is 7.11 Å². The van der Waals surface area contributed by atoms with Crippen LogP contribution in [0.1, 0.15) is 15.9 Å². The summed E-state index contributed by atoms with van der Waals surface area (Å²) in [6, 6.07) is 2.93. The average molecular weight is 286 g/mol. The largest absolute Gasteiger partial charge is 0.495 e. The first kappa shape index (κ1) is 13.9. The van der Waals surface area contributed by atoms with E-state index in [1.165, 1.54) is 25.4 Å². The number of methoxy groups -OCH3 is 1. The van der Waals surface area contributed by atoms with E-state index in [-0.39, 0.29) is 5.82 Å². The first-order chi connectivity index (χ1) is 9.32. The molecule has 0 spiro atoms. The summed E-state index contributed by atoms with van der Waals surface area (Å²) in [5, 5.41) is 8.82. The van der Waals surface area contributed by atoms with Gasteiger partial charge in [-0.05, 0) is 12.1 Å². The van der Waals surface area contributed by atoms with E-state index in [9.17, 15) is 18.0 Å². The van der Waals surface area contributed by atoms with E-state index in [2.05, 4.69) is 4.98 Å². The molecule has 2 aromatic rings. The third-order valence-corrected chi connectivity index (χ3v) is 2.58. The lowest BCUT2D eigenvalue weighted by atomic mass is 10.2. The SMILES string of the molecule is COc1ccc(-n2cc(C(=O)O)c(C(F)(F)F)c2)nc1. The maximum Gasteiger partial charge on any atom is 0.418 e. The topological polar surface area (TPSA) is 64.3 Å². The Balaban J connectivity index is 2.50. The Morgan fingerprint density at radius 3 is 2.45 bits per heavy atom. The molecule has 0 radical (unpaired) electrons. The number of nitrogens with zero attached hydrogens (tertiary/aromatic N) is 2. The summed E-state index contributed by atoms with van der Waals surface area (Å²) < 4.78 is 44.1. The molecule has 0 saturated heterocycles. The Morgan fingerprint density at radius 1 is 1.35 bits per heavy atom. The van der Waals surface area contributed by atoms with E-state index in [0.717, 1.165) is 10.8 Å². The van der Waals surface area contributed by atoms with Crippen molar-refractivity contribution in [1.82, 2.24) is 9.55 Å². The second kappa shape index (κ2) is 4.87. The highest BCUT2D eigenvalue weighted by Crippen LogP contribution is 2.33. The zero-order valence-corrected chi connectivity index (χ0v) is 10.2. The van der Waals surface area contributed by atoms with Crippen LogP contribution in [0.25, 0.3) is 5.82 Å². The number of hydrogen-bond acceptors (Lipinski definition) is 3. The third kappa shape index (κ3) is 2.58. The zero-order valence-electron chi connectivity index (χ0n) is 10.2. The second-order valence-corrected chi connectivity index (χ2v) is 3.85. The fourth-order valence-electron chi connectivity index (χ4n) is 1.63. The van der Waals surface area contributed by atoms with E-state index in [0.29, 0.717) is 11.9 Å². The van der Waals surface area contributed by atoms with Crippen molar-refractivity contribution in [3.8, 4) is 11.6 Å². The van der Waals surface area contributed by atoms with Gasteiger partial charge in [-0.25, -0.2) is 9.78 Å². The number of alkyl halides is 3. The molecule has 5 nitrogen and oxygen atoms in total. The molecule has 2 rings (SSSR count). The highest BCUT2D eigenvalue weighted by atomic mass is 19.4. The van der Waals surface area contributed by atoms with Crippen LogP contribution in [0.2, 0.25) is 0 Å². The molecule has 0 aromatic carbocycles. The molecule has 0 saturated carbocycles. The van der Waals surface area contributed by atoms with Crippen LogP contribution in [0.5, 0.6) is 5.75 Å². The lowest BCUT2D eigenvalue weighted by molar-refractivity contribution is -0.138. The fourth-order valence-corrected chi connectivity index (χ4v) is 1.63. The van der Waals surface area contributed by atoms with Gasteiger partial charge in [0, 0.05) is 12.4 Å². The second-order valence-electron chi connectivity index (χ2n) is 3.85. The number of aromatic nitrogens is 2. The lowest BCUT2D eigenvalue weighted by Gasteiger charge is -2.04. The zero-order chi connectivity index (χ0) is 14.9. The van der Waals surface area contributed by atoms with Gasteiger partial charge in [0.25, 0.3) is 0 Å². The molecule has 0 aliphatic heterocycles. The Labute approximate surface area is 111 Å². The van der Waals surface area contributed by atoms with Crippen LogP contribution in [-0.2, 0) is 6.18 Å². The van der Waals surface area contributed by atoms with Gasteiger partial charge in [0.1, 0.15) is 11.6 Å². The lowest BCUT2D eigenvalue weighted by Crippen LogP contribution is -2.09. The van der Waals surface area contributed by atoms with E-state index < -0.39 is 23.3 Å². The van der Waals surface area contributed by atoms with Gasteiger partial charge >= 0.3 is 12.1 Å². The van der Waals surface area contributed by atoms with E-state index in [1.54, 1.807) is 0 Å². The molecule has 0 amide bonds. The van der Waals surface area contributed by atoms with Gasteiger partial charge in [0.15, 0.2) is 0 Å². The van der Waals surface area contributed by atoms with Gasteiger partial charge in [-0.2, -0.15) is 13.2 Å². The maximum absolute atomic E-state index is 12.7. The van der Waals surface area contributed by atoms with Crippen LogP contribution in [-0.4, -0.2) is 27.7 Å². The van der Waals surface area contributed by atoms with Gasteiger partial charge in [-0.3, -0.25) is 0 Å². The van der Waals surface area contributed by atoms with Gasteiger partial charge in [0.2, 0.25) is 0 Å². The minimum absolute atomic E-state index is 0.156. The number of carboxylic acid groups (broad SMARTS) is 1. The monoisotopic (exact) mass is 286 g/mol. The van der Waals surface area contributed by atoms with Gasteiger partial charge in [0.05, 0.1) is 24.4 Å². The third-order valence-electron chi connectivity index (χ3n) is 2.58. The van der Waals surface area contributed by atoms with E-state index in [1.807, 2.05) is 0 Å². The quantitative estimate of drug-likeness (QED) is 0.942. The minimum atomic E-state index is -4.74.